The third-order valence-corrected chi connectivity index (χ3v) is 2.54. The van der Waals surface area contributed by atoms with Gasteiger partial charge in [0.05, 0.1) is 0 Å². The van der Waals surface area contributed by atoms with Crippen LogP contribution in [0.25, 0.3) is 0 Å². The fraction of sp³-hybridized carbons (Fsp3) is 0.556. The summed E-state index contributed by atoms with van der Waals surface area (Å²) in [5.41, 5.74) is 5.17. The summed E-state index contributed by atoms with van der Waals surface area (Å²) in [7, 11) is 0. The molecule has 72 valence electrons. The number of nitrogens with two attached hydrogens (primary N) is 1. The molecule has 0 radical (unpaired) electrons. The average molecular weight is 198 g/mol. The van der Waals surface area contributed by atoms with Gasteiger partial charge >= 0.3 is 0 Å². The zero-order chi connectivity index (χ0) is 10.3. The highest BCUT2D eigenvalue weighted by atomic mass is 32.2. The molecule has 3 nitrogen and oxygen atoms in total. The van der Waals surface area contributed by atoms with E-state index in [2.05, 4.69) is 6.92 Å². The number of primary amides is 1. The van der Waals surface area contributed by atoms with E-state index in [4.69, 9.17) is 11.0 Å². The zero-order valence-electron chi connectivity index (χ0n) is 7.96. The van der Waals surface area contributed by atoms with E-state index in [0.29, 0.717) is 0 Å². The minimum atomic E-state index is -0.622. The highest BCUT2D eigenvalue weighted by Crippen LogP contribution is 2.22. The van der Waals surface area contributed by atoms with Crippen molar-refractivity contribution in [1.82, 2.24) is 0 Å². The van der Waals surface area contributed by atoms with Crippen molar-refractivity contribution < 1.29 is 4.79 Å². The van der Waals surface area contributed by atoms with Gasteiger partial charge in [-0.15, -0.1) is 11.8 Å². The monoisotopic (exact) mass is 198 g/mol. The van der Waals surface area contributed by atoms with Gasteiger partial charge in [0.25, 0.3) is 5.91 Å². The smallest absolute Gasteiger partial charge is 0.260 e. The molecule has 0 aliphatic heterocycles. The normalized spacial score (nSPS) is 11.8. The maximum atomic E-state index is 10.8. The molecule has 0 aromatic rings. The van der Waals surface area contributed by atoms with Gasteiger partial charge in [-0.05, 0) is 19.1 Å². The van der Waals surface area contributed by atoms with Crippen molar-refractivity contribution in [1.29, 1.82) is 5.26 Å². The van der Waals surface area contributed by atoms with Crippen molar-refractivity contribution in [2.45, 2.75) is 26.2 Å². The molecule has 0 unspecified atom stereocenters. The predicted molar refractivity (Wildman–Crippen MR) is 54.9 cm³/mol. The topological polar surface area (TPSA) is 66.9 Å². The summed E-state index contributed by atoms with van der Waals surface area (Å²) in [6.45, 7) is 2.06. The summed E-state index contributed by atoms with van der Waals surface area (Å²) in [5, 5.41) is 8.68. The van der Waals surface area contributed by atoms with Gasteiger partial charge in [-0.1, -0.05) is 13.3 Å². The van der Waals surface area contributed by atoms with Gasteiger partial charge in [-0.3, -0.25) is 4.79 Å². The van der Waals surface area contributed by atoms with Crippen molar-refractivity contribution in [2.75, 3.05) is 6.26 Å². The maximum absolute atomic E-state index is 10.8. The molecule has 0 aliphatic rings. The summed E-state index contributed by atoms with van der Waals surface area (Å²) < 4.78 is 0. The van der Waals surface area contributed by atoms with Crippen LogP contribution >= 0.6 is 11.8 Å². The number of amides is 1. The van der Waals surface area contributed by atoms with E-state index in [1.807, 2.05) is 12.3 Å². The molecule has 0 atom stereocenters. The Morgan fingerprint density at radius 2 is 2.23 bits per heavy atom. The highest BCUT2D eigenvalue weighted by Gasteiger charge is 2.10. The molecule has 2 N–H and O–H groups in total. The van der Waals surface area contributed by atoms with E-state index in [1.165, 1.54) is 11.8 Å². The number of hydrogen-bond donors (Lipinski definition) is 1. The third kappa shape index (κ3) is 4.00. The molecule has 0 saturated carbocycles. The summed E-state index contributed by atoms with van der Waals surface area (Å²) in [4.78, 5) is 11.6. The number of hydrogen-bond acceptors (Lipinski definition) is 3. The first-order valence-corrected chi connectivity index (χ1v) is 5.36. The Balaban J connectivity index is 4.65. The summed E-state index contributed by atoms with van der Waals surface area (Å²) in [5.74, 6) is -0.622. The average Bonchev–Trinajstić information content (AvgIpc) is 2.11. The Labute approximate surface area is 83.0 Å². The minimum absolute atomic E-state index is 0.112. The number of unbranched alkanes of at least 4 members (excludes halogenated alkanes) is 1. The van der Waals surface area contributed by atoms with Crippen LogP contribution in [0.2, 0.25) is 0 Å². The van der Waals surface area contributed by atoms with Gasteiger partial charge in [-0.25, -0.2) is 0 Å². The number of nitrogens with zero attached hydrogens (tertiary/aromatic N) is 1. The number of carbonyl (C=O) groups excluding carboxylic acids is 1. The fourth-order valence-electron chi connectivity index (χ4n) is 0.921. The molecule has 13 heavy (non-hydrogen) atoms. The lowest BCUT2D eigenvalue weighted by Crippen LogP contribution is -2.14. The van der Waals surface area contributed by atoms with E-state index < -0.39 is 5.91 Å². The predicted octanol–water partition coefficient (Wildman–Crippen LogP) is 1.80. The minimum Gasteiger partial charge on any atom is -0.365 e. The van der Waals surface area contributed by atoms with Crippen LogP contribution in [-0.4, -0.2) is 12.2 Å². The second kappa shape index (κ2) is 6.55. The third-order valence-electron chi connectivity index (χ3n) is 1.64. The van der Waals surface area contributed by atoms with E-state index >= 15 is 0 Å². The first-order chi connectivity index (χ1) is 6.17. The molecule has 4 heteroatoms. The Morgan fingerprint density at radius 3 is 2.54 bits per heavy atom. The quantitative estimate of drug-likeness (QED) is 0.541. The summed E-state index contributed by atoms with van der Waals surface area (Å²) >= 11 is 1.43. The number of rotatable bonds is 5. The van der Waals surface area contributed by atoms with Gasteiger partial charge < -0.3 is 5.73 Å². The van der Waals surface area contributed by atoms with Crippen LogP contribution in [0.15, 0.2) is 10.5 Å². The molecule has 0 spiro atoms. The van der Waals surface area contributed by atoms with Crippen LogP contribution in [0, 0.1) is 11.3 Å². The zero-order valence-corrected chi connectivity index (χ0v) is 8.78. The highest BCUT2D eigenvalue weighted by molar-refractivity contribution is 8.02. The van der Waals surface area contributed by atoms with Gasteiger partial charge in [0.2, 0.25) is 0 Å². The number of allylic oxidation sites excluding steroid dienone is 1. The lowest BCUT2D eigenvalue weighted by molar-refractivity contribution is -0.114. The molecule has 0 fully saturated rings. The van der Waals surface area contributed by atoms with E-state index in [-0.39, 0.29) is 5.57 Å². The molecular weight excluding hydrogens is 184 g/mol. The van der Waals surface area contributed by atoms with E-state index in [9.17, 15) is 4.79 Å². The molecule has 0 rings (SSSR count). The first-order valence-electron chi connectivity index (χ1n) is 4.14. The second-order valence-corrected chi connectivity index (χ2v) is 3.48. The van der Waals surface area contributed by atoms with Crippen LogP contribution in [0.4, 0.5) is 0 Å². The lowest BCUT2D eigenvalue weighted by Gasteiger charge is -2.03. The van der Waals surface area contributed by atoms with Crippen LogP contribution < -0.4 is 5.73 Å². The van der Waals surface area contributed by atoms with Crippen LogP contribution in [0.5, 0.6) is 0 Å². The van der Waals surface area contributed by atoms with Gasteiger partial charge in [0.15, 0.2) is 0 Å². The molecule has 1 amide bonds. The Hall–Kier alpha value is -0.950. The summed E-state index contributed by atoms with van der Waals surface area (Å²) in [6, 6.07) is 1.85. The van der Waals surface area contributed by atoms with Gasteiger partial charge in [0, 0.05) is 4.91 Å². The standard InChI is InChI=1S/C9H14N2OS/c1-3-4-5-8(13-2)7(6-10)9(11)12/h3-5H2,1-2H3,(H2,11,12)/b8-7+. The Kier molecular flexibility index (Phi) is 6.07. The van der Waals surface area contributed by atoms with Gasteiger partial charge in [-0.2, -0.15) is 5.26 Å². The maximum Gasteiger partial charge on any atom is 0.260 e. The van der Waals surface area contributed by atoms with Crippen molar-refractivity contribution in [3.05, 3.63) is 10.5 Å². The summed E-state index contributed by atoms with van der Waals surface area (Å²) in [6.07, 6.45) is 4.64. The van der Waals surface area contributed by atoms with Gasteiger partial charge in [0.1, 0.15) is 11.6 Å². The number of thioether (sulfide) groups is 1. The Morgan fingerprint density at radius 1 is 1.62 bits per heavy atom. The van der Waals surface area contributed by atoms with Crippen molar-refractivity contribution >= 4 is 17.7 Å². The molecule has 0 bridgehead atoms. The second-order valence-electron chi connectivity index (χ2n) is 2.58. The SMILES string of the molecule is CCCC/C(SC)=C(/C#N)C(N)=O. The van der Waals surface area contributed by atoms with Crippen LogP contribution in [0.3, 0.4) is 0 Å². The molecule has 0 aliphatic carbocycles. The van der Waals surface area contributed by atoms with E-state index in [0.717, 1.165) is 24.2 Å². The van der Waals surface area contributed by atoms with E-state index in [1.54, 1.807) is 0 Å². The van der Waals surface area contributed by atoms with Crippen molar-refractivity contribution in [2.24, 2.45) is 5.73 Å². The van der Waals surface area contributed by atoms with Crippen molar-refractivity contribution in [3.63, 3.8) is 0 Å². The molecule has 0 aromatic heterocycles. The first kappa shape index (κ1) is 12.0. The lowest BCUT2D eigenvalue weighted by atomic mass is 10.1. The fourth-order valence-corrected chi connectivity index (χ4v) is 1.62. The molecule has 0 aromatic carbocycles. The molecular formula is C9H14N2OS. The van der Waals surface area contributed by atoms with Crippen LogP contribution in [-0.2, 0) is 4.79 Å². The Bertz CT molecular complexity index is 253. The van der Waals surface area contributed by atoms with Crippen LogP contribution in [0.1, 0.15) is 26.2 Å². The number of carbonyl (C=O) groups is 1. The van der Waals surface area contributed by atoms with Crippen molar-refractivity contribution in [3.8, 4) is 6.07 Å². The molecule has 0 saturated heterocycles. The molecule has 0 heterocycles. The largest absolute Gasteiger partial charge is 0.365 e. The number of nitriles is 1.